The summed E-state index contributed by atoms with van der Waals surface area (Å²) in [6.07, 6.45) is 2.62. The number of ether oxygens (including phenoxy) is 1. The van der Waals surface area contributed by atoms with Crippen molar-refractivity contribution in [2.75, 3.05) is 20.3 Å². The van der Waals surface area contributed by atoms with Gasteiger partial charge in [-0.15, -0.1) is 0 Å². The zero-order chi connectivity index (χ0) is 15.2. The first-order valence-electron chi connectivity index (χ1n) is 6.04. The minimum atomic E-state index is -0.567. The molecule has 0 radical (unpaired) electrons. The molecule has 0 fully saturated rings. The van der Waals surface area contributed by atoms with Gasteiger partial charge >= 0.3 is 0 Å². The fourth-order valence-electron chi connectivity index (χ4n) is 1.71. The van der Waals surface area contributed by atoms with Gasteiger partial charge in [0.1, 0.15) is 18.3 Å². The summed E-state index contributed by atoms with van der Waals surface area (Å²) in [7, 11) is 1.52. The van der Waals surface area contributed by atoms with Crippen LogP contribution in [-0.4, -0.2) is 45.9 Å². The summed E-state index contributed by atoms with van der Waals surface area (Å²) in [4.78, 5) is 26.2. The number of methoxy groups -OCH3 is 1. The first kappa shape index (κ1) is 14.6. The number of aromatic nitrogens is 3. The zero-order valence-electron chi connectivity index (χ0n) is 11.2. The van der Waals surface area contributed by atoms with E-state index in [4.69, 9.17) is 4.74 Å². The fraction of sp³-hybridized carbons (Fsp3) is 0.250. The lowest BCUT2D eigenvalue weighted by Crippen LogP contribution is -2.27. The highest BCUT2D eigenvalue weighted by molar-refractivity contribution is 5.95. The van der Waals surface area contributed by atoms with E-state index in [0.717, 1.165) is 0 Å². The van der Waals surface area contributed by atoms with Crippen LogP contribution in [0.3, 0.4) is 0 Å². The maximum atomic E-state index is 11.9. The van der Waals surface area contributed by atoms with E-state index in [9.17, 15) is 14.9 Å². The molecule has 0 aliphatic rings. The summed E-state index contributed by atoms with van der Waals surface area (Å²) < 4.78 is 6.09. The van der Waals surface area contributed by atoms with Gasteiger partial charge in [0.2, 0.25) is 0 Å². The molecule has 0 bridgehead atoms. The minimum Gasteiger partial charge on any atom is -0.383 e. The van der Waals surface area contributed by atoms with Gasteiger partial charge in [0, 0.05) is 25.3 Å². The SMILES string of the molecule is COCCNC(=O)c1ccc(-n2cncn2)c([N+](=O)[O-])c1. The molecule has 1 N–H and O–H groups in total. The van der Waals surface area contributed by atoms with Gasteiger partial charge < -0.3 is 10.1 Å². The van der Waals surface area contributed by atoms with Crippen molar-refractivity contribution in [3.63, 3.8) is 0 Å². The van der Waals surface area contributed by atoms with Gasteiger partial charge in [-0.2, -0.15) is 5.10 Å². The standard InChI is InChI=1S/C12H13N5O4/c1-21-5-4-14-12(18)9-2-3-10(11(6-9)17(19)20)16-8-13-7-15-16/h2-3,6-8H,4-5H2,1H3,(H,14,18). The fourth-order valence-corrected chi connectivity index (χ4v) is 1.71. The summed E-state index contributed by atoms with van der Waals surface area (Å²) in [5, 5.41) is 17.6. The quantitative estimate of drug-likeness (QED) is 0.472. The summed E-state index contributed by atoms with van der Waals surface area (Å²) in [5.41, 5.74) is 0.215. The largest absolute Gasteiger partial charge is 0.383 e. The molecule has 0 atom stereocenters. The van der Waals surface area contributed by atoms with Crippen molar-refractivity contribution in [1.29, 1.82) is 0 Å². The smallest absolute Gasteiger partial charge is 0.295 e. The number of benzene rings is 1. The van der Waals surface area contributed by atoms with Crippen LogP contribution in [0.1, 0.15) is 10.4 Å². The van der Waals surface area contributed by atoms with Crippen LogP contribution in [0.25, 0.3) is 5.69 Å². The highest BCUT2D eigenvalue weighted by Gasteiger charge is 2.19. The van der Waals surface area contributed by atoms with Crippen molar-refractivity contribution in [3.05, 3.63) is 46.5 Å². The lowest BCUT2D eigenvalue weighted by Gasteiger charge is -2.06. The number of hydrogen-bond acceptors (Lipinski definition) is 6. The van der Waals surface area contributed by atoms with Gasteiger partial charge in [0.15, 0.2) is 0 Å². The molecule has 0 saturated carbocycles. The van der Waals surface area contributed by atoms with Gasteiger partial charge in [0.25, 0.3) is 11.6 Å². The molecule has 110 valence electrons. The van der Waals surface area contributed by atoms with E-state index >= 15 is 0 Å². The summed E-state index contributed by atoms with van der Waals surface area (Å²) in [6.45, 7) is 0.693. The third-order valence-corrected chi connectivity index (χ3v) is 2.69. The Kier molecular flexibility index (Phi) is 4.57. The van der Waals surface area contributed by atoms with Gasteiger partial charge in [-0.25, -0.2) is 9.67 Å². The third kappa shape index (κ3) is 3.39. The Morgan fingerprint density at radius 2 is 2.33 bits per heavy atom. The van der Waals surface area contributed by atoms with Gasteiger partial charge in [-0.05, 0) is 12.1 Å². The van der Waals surface area contributed by atoms with Crippen LogP contribution >= 0.6 is 0 Å². The molecule has 0 unspecified atom stereocenters. The van der Waals surface area contributed by atoms with Crippen molar-refractivity contribution in [2.45, 2.75) is 0 Å². The molecular weight excluding hydrogens is 278 g/mol. The van der Waals surface area contributed by atoms with Crippen molar-refractivity contribution in [1.82, 2.24) is 20.1 Å². The summed E-state index contributed by atoms with van der Waals surface area (Å²) in [6, 6.07) is 4.16. The normalized spacial score (nSPS) is 10.3. The molecule has 2 aromatic rings. The predicted octanol–water partition coefficient (Wildman–Crippen LogP) is 0.552. The number of nitro groups is 1. The number of amides is 1. The predicted molar refractivity (Wildman–Crippen MR) is 72.2 cm³/mol. The Bertz CT molecular complexity index is 641. The van der Waals surface area contributed by atoms with E-state index < -0.39 is 10.8 Å². The highest BCUT2D eigenvalue weighted by Crippen LogP contribution is 2.23. The van der Waals surface area contributed by atoms with Crippen LogP contribution in [0.2, 0.25) is 0 Å². The van der Waals surface area contributed by atoms with Gasteiger partial charge in [0.05, 0.1) is 11.5 Å². The second-order valence-electron chi connectivity index (χ2n) is 4.05. The molecule has 0 aliphatic heterocycles. The Balaban J connectivity index is 2.28. The maximum Gasteiger partial charge on any atom is 0.295 e. The highest BCUT2D eigenvalue weighted by atomic mass is 16.6. The van der Waals surface area contributed by atoms with Crippen LogP contribution in [-0.2, 0) is 4.74 Å². The minimum absolute atomic E-state index is 0.196. The molecule has 1 aromatic heterocycles. The summed E-state index contributed by atoms with van der Waals surface area (Å²) in [5.74, 6) is -0.403. The number of hydrogen-bond donors (Lipinski definition) is 1. The number of carbonyl (C=O) groups is 1. The second-order valence-corrected chi connectivity index (χ2v) is 4.05. The van der Waals surface area contributed by atoms with E-state index in [-0.39, 0.29) is 16.9 Å². The summed E-state index contributed by atoms with van der Waals surface area (Å²) >= 11 is 0. The van der Waals surface area contributed by atoms with Gasteiger partial charge in [-0.1, -0.05) is 0 Å². The van der Waals surface area contributed by atoms with E-state index in [1.54, 1.807) is 0 Å². The van der Waals surface area contributed by atoms with Crippen LogP contribution in [0, 0.1) is 10.1 Å². The monoisotopic (exact) mass is 291 g/mol. The lowest BCUT2D eigenvalue weighted by molar-refractivity contribution is -0.384. The van der Waals surface area contributed by atoms with Crippen LogP contribution < -0.4 is 5.32 Å². The van der Waals surface area contributed by atoms with Crippen molar-refractivity contribution >= 4 is 11.6 Å². The molecule has 9 nitrogen and oxygen atoms in total. The molecule has 0 saturated heterocycles. The number of carbonyl (C=O) groups excluding carboxylic acids is 1. The van der Waals surface area contributed by atoms with Crippen molar-refractivity contribution in [3.8, 4) is 5.69 Å². The van der Waals surface area contributed by atoms with E-state index in [1.807, 2.05) is 0 Å². The Labute approximate surface area is 119 Å². The molecule has 1 aromatic carbocycles. The number of nitrogens with zero attached hydrogens (tertiary/aromatic N) is 4. The lowest BCUT2D eigenvalue weighted by atomic mass is 10.1. The molecular formula is C12H13N5O4. The maximum absolute atomic E-state index is 11.9. The van der Waals surface area contributed by atoms with Gasteiger partial charge in [-0.3, -0.25) is 14.9 Å². The zero-order valence-corrected chi connectivity index (χ0v) is 11.2. The number of nitrogens with one attached hydrogen (secondary N) is 1. The first-order chi connectivity index (χ1) is 10.1. The number of rotatable bonds is 6. The molecule has 1 heterocycles. The molecule has 0 spiro atoms. The first-order valence-corrected chi connectivity index (χ1v) is 6.04. The average Bonchev–Trinajstić information content (AvgIpc) is 3.00. The second kappa shape index (κ2) is 6.57. The van der Waals surface area contributed by atoms with Crippen molar-refractivity contribution in [2.24, 2.45) is 0 Å². The molecule has 2 rings (SSSR count). The Morgan fingerprint density at radius 3 is 2.95 bits per heavy atom. The van der Waals surface area contributed by atoms with Crippen molar-refractivity contribution < 1.29 is 14.5 Å². The number of nitro benzene ring substituents is 1. The van der Waals surface area contributed by atoms with Crippen LogP contribution in [0.5, 0.6) is 0 Å². The molecule has 9 heteroatoms. The van der Waals surface area contributed by atoms with E-state index in [0.29, 0.717) is 13.2 Å². The molecule has 0 aliphatic carbocycles. The van der Waals surface area contributed by atoms with E-state index in [2.05, 4.69) is 15.4 Å². The Morgan fingerprint density at radius 1 is 1.52 bits per heavy atom. The van der Waals surface area contributed by atoms with Crippen LogP contribution in [0.15, 0.2) is 30.9 Å². The molecule has 21 heavy (non-hydrogen) atoms. The van der Waals surface area contributed by atoms with Crippen LogP contribution in [0.4, 0.5) is 5.69 Å². The Hall–Kier alpha value is -2.81. The van der Waals surface area contributed by atoms with E-state index in [1.165, 1.54) is 42.6 Å². The third-order valence-electron chi connectivity index (χ3n) is 2.69. The molecule has 1 amide bonds. The average molecular weight is 291 g/mol. The topological polar surface area (TPSA) is 112 Å².